The SMILES string of the molecule is COCCOc1cc(C)ccc1NC(=O)NC(C)CCc1ccccc1. The third-order valence-electron chi connectivity index (χ3n) is 4.02. The van der Waals surface area contributed by atoms with E-state index in [9.17, 15) is 4.79 Å². The summed E-state index contributed by atoms with van der Waals surface area (Å²) in [6.45, 7) is 4.92. The summed E-state index contributed by atoms with van der Waals surface area (Å²) in [7, 11) is 1.63. The second-order valence-corrected chi connectivity index (χ2v) is 6.36. The van der Waals surface area contributed by atoms with E-state index in [0.717, 1.165) is 18.4 Å². The number of nitrogens with one attached hydrogen (secondary N) is 2. The van der Waals surface area contributed by atoms with E-state index in [0.29, 0.717) is 24.7 Å². The summed E-state index contributed by atoms with van der Waals surface area (Å²) in [6, 6.07) is 15.8. The van der Waals surface area contributed by atoms with E-state index in [-0.39, 0.29) is 12.1 Å². The number of carbonyl (C=O) groups excluding carboxylic acids is 1. The van der Waals surface area contributed by atoms with Gasteiger partial charge in [0.2, 0.25) is 0 Å². The van der Waals surface area contributed by atoms with Gasteiger partial charge >= 0.3 is 6.03 Å². The predicted molar refractivity (Wildman–Crippen MR) is 105 cm³/mol. The largest absolute Gasteiger partial charge is 0.489 e. The minimum atomic E-state index is -0.231. The van der Waals surface area contributed by atoms with Crippen molar-refractivity contribution >= 4 is 11.7 Å². The van der Waals surface area contributed by atoms with Crippen LogP contribution in [0.1, 0.15) is 24.5 Å². The first-order valence-corrected chi connectivity index (χ1v) is 8.92. The first kappa shape index (κ1) is 19.8. The number of rotatable bonds is 9. The van der Waals surface area contributed by atoms with Crippen LogP contribution in [-0.4, -0.2) is 32.4 Å². The number of ether oxygens (including phenoxy) is 2. The zero-order chi connectivity index (χ0) is 18.8. The molecule has 1 unspecified atom stereocenters. The minimum absolute atomic E-state index is 0.0681. The second-order valence-electron chi connectivity index (χ2n) is 6.36. The van der Waals surface area contributed by atoms with Crippen molar-refractivity contribution in [1.29, 1.82) is 0 Å². The molecule has 0 bridgehead atoms. The van der Waals surface area contributed by atoms with E-state index in [1.165, 1.54) is 5.56 Å². The molecular weight excluding hydrogens is 328 g/mol. The average Bonchev–Trinajstić information content (AvgIpc) is 2.63. The maximum absolute atomic E-state index is 12.3. The van der Waals surface area contributed by atoms with Crippen LogP contribution in [0, 0.1) is 6.92 Å². The molecule has 0 fully saturated rings. The highest BCUT2D eigenvalue weighted by Gasteiger charge is 2.11. The van der Waals surface area contributed by atoms with Gasteiger partial charge in [-0.05, 0) is 49.9 Å². The number of amides is 2. The Kier molecular flexibility index (Phi) is 7.96. The zero-order valence-electron chi connectivity index (χ0n) is 15.7. The van der Waals surface area contributed by atoms with Gasteiger partial charge in [0.25, 0.3) is 0 Å². The lowest BCUT2D eigenvalue weighted by Gasteiger charge is -2.17. The molecule has 0 radical (unpaired) electrons. The van der Waals surface area contributed by atoms with Gasteiger partial charge < -0.3 is 20.1 Å². The quantitative estimate of drug-likeness (QED) is 0.663. The monoisotopic (exact) mass is 356 g/mol. The summed E-state index contributed by atoms with van der Waals surface area (Å²) >= 11 is 0. The maximum Gasteiger partial charge on any atom is 0.319 e. The summed E-state index contributed by atoms with van der Waals surface area (Å²) in [4.78, 5) is 12.3. The number of methoxy groups -OCH3 is 1. The maximum atomic E-state index is 12.3. The molecule has 2 aromatic carbocycles. The average molecular weight is 356 g/mol. The molecule has 0 aliphatic carbocycles. The summed E-state index contributed by atoms with van der Waals surface area (Å²) < 4.78 is 10.7. The van der Waals surface area contributed by atoms with Crippen LogP contribution >= 0.6 is 0 Å². The Morgan fingerprint density at radius 2 is 1.88 bits per heavy atom. The van der Waals surface area contributed by atoms with Crippen LogP contribution in [0.3, 0.4) is 0 Å². The van der Waals surface area contributed by atoms with Crippen molar-refractivity contribution in [1.82, 2.24) is 5.32 Å². The van der Waals surface area contributed by atoms with Crippen molar-refractivity contribution in [2.24, 2.45) is 0 Å². The summed E-state index contributed by atoms with van der Waals surface area (Å²) in [5, 5.41) is 5.86. The smallest absolute Gasteiger partial charge is 0.319 e. The standard InChI is InChI=1S/C21H28N2O3/c1-16-9-12-19(20(15-16)26-14-13-25-3)23-21(24)22-17(2)10-11-18-7-5-4-6-8-18/h4-9,12,15,17H,10-11,13-14H2,1-3H3,(H2,22,23,24). The highest BCUT2D eigenvalue weighted by Crippen LogP contribution is 2.25. The first-order chi connectivity index (χ1) is 12.6. The molecule has 0 aromatic heterocycles. The first-order valence-electron chi connectivity index (χ1n) is 8.92. The van der Waals surface area contributed by atoms with Crippen molar-refractivity contribution in [2.75, 3.05) is 25.6 Å². The molecule has 5 heteroatoms. The molecule has 0 aliphatic heterocycles. The molecular formula is C21H28N2O3. The summed E-state index contributed by atoms with van der Waals surface area (Å²) in [5.41, 5.74) is 2.99. The van der Waals surface area contributed by atoms with Crippen LogP contribution in [0.25, 0.3) is 0 Å². The van der Waals surface area contributed by atoms with E-state index in [4.69, 9.17) is 9.47 Å². The second kappa shape index (κ2) is 10.5. The molecule has 2 rings (SSSR count). The fraction of sp³-hybridized carbons (Fsp3) is 0.381. The van der Waals surface area contributed by atoms with Gasteiger partial charge in [-0.2, -0.15) is 0 Å². The Morgan fingerprint density at radius 3 is 2.62 bits per heavy atom. The lowest BCUT2D eigenvalue weighted by Crippen LogP contribution is -2.36. The topological polar surface area (TPSA) is 59.6 Å². The van der Waals surface area contributed by atoms with Gasteiger partial charge in [-0.25, -0.2) is 4.79 Å². The normalized spacial score (nSPS) is 11.7. The van der Waals surface area contributed by atoms with Gasteiger partial charge in [0.1, 0.15) is 12.4 Å². The van der Waals surface area contributed by atoms with Crippen molar-refractivity contribution in [3.05, 3.63) is 59.7 Å². The van der Waals surface area contributed by atoms with Crippen molar-refractivity contribution < 1.29 is 14.3 Å². The van der Waals surface area contributed by atoms with E-state index in [1.54, 1.807) is 7.11 Å². The number of aryl methyl sites for hydroxylation is 2. The Bertz CT molecular complexity index is 689. The van der Waals surface area contributed by atoms with Crippen LogP contribution in [0.15, 0.2) is 48.5 Å². The van der Waals surface area contributed by atoms with Crippen molar-refractivity contribution in [3.63, 3.8) is 0 Å². The number of hydrogen-bond acceptors (Lipinski definition) is 3. The highest BCUT2D eigenvalue weighted by atomic mass is 16.5. The van der Waals surface area contributed by atoms with Crippen molar-refractivity contribution in [2.45, 2.75) is 32.7 Å². The molecule has 26 heavy (non-hydrogen) atoms. The number of carbonyl (C=O) groups is 1. The van der Waals surface area contributed by atoms with Crippen LogP contribution in [-0.2, 0) is 11.2 Å². The van der Waals surface area contributed by atoms with Gasteiger partial charge in [0, 0.05) is 13.2 Å². The highest BCUT2D eigenvalue weighted by molar-refractivity contribution is 5.91. The zero-order valence-corrected chi connectivity index (χ0v) is 15.7. The van der Waals surface area contributed by atoms with E-state index in [1.807, 2.05) is 50.2 Å². The number of benzene rings is 2. The molecule has 0 saturated carbocycles. The van der Waals surface area contributed by atoms with E-state index >= 15 is 0 Å². The number of urea groups is 1. The lowest BCUT2D eigenvalue weighted by atomic mass is 10.1. The molecule has 2 N–H and O–H groups in total. The molecule has 2 amide bonds. The summed E-state index contributed by atoms with van der Waals surface area (Å²) in [6.07, 6.45) is 1.81. The number of anilines is 1. The number of hydrogen-bond donors (Lipinski definition) is 2. The van der Waals surface area contributed by atoms with Crippen LogP contribution in [0.2, 0.25) is 0 Å². The fourth-order valence-electron chi connectivity index (χ4n) is 2.57. The lowest BCUT2D eigenvalue weighted by molar-refractivity contribution is 0.146. The van der Waals surface area contributed by atoms with Gasteiger partial charge in [0.05, 0.1) is 12.3 Å². The third-order valence-corrected chi connectivity index (χ3v) is 4.02. The van der Waals surface area contributed by atoms with E-state index < -0.39 is 0 Å². The predicted octanol–water partition coefficient (Wildman–Crippen LogP) is 4.16. The molecule has 1 atom stereocenters. The molecule has 2 aromatic rings. The molecule has 140 valence electrons. The Balaban J connectivity index is 1.86. The van der Waals surface area contributed by atoms with Crippen LogP contribution < -0.4 is 15.4 Å². The Hall–Kier alpha value is -2.53. The van der Waals surface area contributed by atoms with Gasteiger partial charge in [-0.1, -0.05) is 36.4 Å². The molecule has 0 heterocycles. The van der Waals surface area contributed by atoms with Gasteiger partial charge in [-0.15, -0.1) is 0 Å². The molecule has 0 saturated heterocycles. The van der Waals surface area contributed by atoms with E-state index in [2.05, 4.69) is 22.8 Å². The van der Waals surface area contributed by atoms with Gasteiger partial charge in [-0.3, -0.25) is 0 Å². The van der Waals surface area contributed by atoms with Crippen LogP contribution in [0.4, 0.5) is 10.5 Å². The van der Waals surface area contributed by atoms with Crippen LogP contribution in [0.5, 0.6) is 5.75 Å². The fourth-order valence-corrected chi connectivity index (χ4v) is 2.57. The molecule has 0 aliphatic rings. The molecule has 0 spiro atoms. The minimum Gasteiger partial charge on any atom is -0.489 e. The Labute approximate surface area is 155 Å². The molecule has 5 nitrogen and oxygen atoms in total. The third kappa shape index (κ3) is 6.76. The Morgan fingerprint density at radius 1 is 1.12 bits per heavy atom. The van der Waals surface area contributed by atoms with Crippen molar-refractivity contribution in [3.8, 4) is 5.75 Å². The summed E-state index contributed by atoms with van der Waals surface area (Å²) in [5.74, 6) is 0.647. The van der Waals surface area contributed by atoms with Gasteiger partial charge in [0.15, 0.2) is 0 Å².